The number of hydrogen-bond acceptors (Lipinski definition) is 2. The van der Waals surface area contributed by atoms with E-state index < -0.39 is 21.8 Å². The average Bonchev–Trinajstić information content (AvgIpc) is 2.37. The second-order valence-electron chi connectivity index (χ2n) is 4.36. The first kappa shape index (κ1) is 13.0. The van der Waals surface area contributed by atoms with Gasteiger partial charge in [-0.2, -0.15) is 13.2 Å². The van der Waals surface area contributed by atoms with Crippen LogP contribution >= 0.6 is 0 Å². The van der Waals surface area contributed by atoms with E-state index >= 15 is 0 Å². The molecule has 1 aliphatic rings. The first-order chi connectivity index (χ1) is 9.29. The number of halogens is 3. The summed E-state index contributed by atoms with van der Waals surface area (Å²) in [6.45, 7) is 0. The van der Waals surface area contributed by atoms with Gasteiger partial charge < -0.3 is 0 Å². The summed E-state index contributed by atoms with van der Waals surface area (Å²) in [4.78, 5) is 0.0623. The van der Waals surface area contributed by atoms with Gasteiger partial charge in [0.25, 0.3) is 10.0 Å². The number of rotatable bonds is 0. The molecule has 0 atom stereocenters. The van der Waals surface area contributed by atoms with E-state index in [1.54, 1.807) is 18.2 Å². The summed E-state index contributed by atoms with van der Waals surface area (Å²) >= 11 is 0. The van der Waals surface area contributed by atoms with E-state index in [2.05, 4.69) is 4.72 Å². The van der Waals surface area contributed by atoms with Crippen molar-refractivity contribution in [3.8, 4) is 11.1 Å². The lowest BCUT2D eigenvalue weighted by molar-refractivity contribution is -0.137. The Hall–Kier alpha value is -2.02. The predicted molar refractivity (Wildman–Crippen MR) is 67.7 cm³/mol. The molecule has 1 N–H and O–H groups in total. The second-order valence-corrected chi connectivity index (χ2v) is 6.01. The van der Waals surface area contributed by atoms with Crippen LogP contribution in [0.2, 0.25) is 0 Å². The van der Waals surface area contributed by atoms with Crippen molar-refractivity contribution >= 4 is 15.7 Å². The van der Waals surface area contributed by atoms with E-state index in [-0.39, 0.29) is 10.6 Å². The lowest BCUT2D eigenvalue weighted by atomic mass is 10.0. The Morgan fingerprint density at radius 3 is 2.35 bits per heavy atom. The van der Waals surface area contributed by atoms with Crippen molar-refractivity contribution in [3.05, 3.63) is 48.0 Å². The van der Waals surface area contributed by atoms with Gasteiger partial charge in [0.05, 0.1) is 16.1 Å². The minimum Gasteiger partial charge on any atom is -0.279 e. The van der Waals surface area contributed by atoms with Crippen LogP contribution in [0.5, 0.6) is 0 Å². The quantitative estimate of drug-likeness (QED) is 0.809. The van der Waals surface area contributed by atoms with Crippen molar-refractivity contribution in [1.29, 1.82) is 0 Å². The van der Waals surface area contributed by atoms with Gasteiger partial charge in [-0.15, -0.1) is 0 Å². The fourth-order valence-corrected chi connectivity index (χ4v) is 3.46. The smallest absolute Gasteiger partial charge is 0.279 e. The lowest BCUT2D eigenvalue weighted by Crippen LogP contribution is -2.19. The maximum Gasteiger partial charge on any atom is 0.416 e. The minimum atomic E-state index is -4.52. The molecular formula is C13H8F3NO2S. The maximum absolute atomic E-state index is 12.7. The molecule has 0 saturated carbocycles. The highest BCUT2D eigenvalue weighted by Gasteiger charge is 2.33. The lowest BCUT2D eigenvalue weighted by Gasteiger charge is -2.22. The van der Waals surface area contributed by atoms with Crippen LogP contribution in [-0.2, 0) is 16.2 Å². The summed E-state index contributed by atoms with van der Waals surface area (Å²) in [6.07, 6.45) is -4.52. The third-order valence-electron chi connectivity index (χ3n) is 3.06. The van der Waals surface area contributed by atoms with E-state index in [1.807, 2.05) is 0 Å². The molecule has 7 heteroatoms. The Bertz CT molecular complexity index is 798. The Labute approximate surface area is 113 Å². The standard InChI is InChI=1S/C13H8F3NO2S/c14-13(15,16)8-5-6-9-10-3-1-2-4-12(10)20(18,19)17-11(9)7-8/h1-7,17H. The topological polar surface area (TPSA) is 46.2 Å². The van der Waals surface area contributed by atoms with Gasteiger partial charge in [-0.3, -0.25) is 4.72 Å². The number of alkyl halides is 3. The third-order valence-corrected chi connectivity index (χ3v) is 4.48. The van der Waals surface area contributed by atoms with Crippen LogP contribution in [0, 0.1) is 0 Å². The second kappa shape index (κ2) is 3.99. The van der Waals surface area contributed by atoms with Crippen LogP contribution in [0.15, 0.2) is 47.4 Å². The highest BCUT2D eigenvalue weighted by atomic mass is 32.2. The fourth-order valence-electron chi connectivity index (χ4n) is 2.16. The number of hydrogen-bond donors (Lipinski definition) is 1. The molecule has 3 rings (SSSR count). The molecule has 0 aliphatic carbocycles. The first-order valence-electron chi connectivity index (χ1n) is 5.62. The molecule has 1 aliphatic heterocycles. The van der Waals surface area contributed by atoms with E-state index in [4.69, 9.17) is 0 Å². The largest absolute Gasteiger partial charge is 0.416 e. The van der Waals surface area contributed by atoms with Gasteiger partial charge in [0.2, 0.25) is 0 Å². The molecule has 0 bridgehead atoms. The van der Waals surface area contributed by atoms with Gasteiger partial charge in [0, 0.05) is 11.1 Å². The van der Waals surface area contributed by atoms with Crippen LogP contribution in [-0.4, -0.2) is 8.42 Å². The summed E-state index contributed by atoms with van der Waals surface area (Å²) in [5.41, 5.74) is -0.116. The number of anilines is 1. The van der Waals surface area contributed by atoms with E-state index in [0.29, 0.717) is 11.1 Å². The zero-order valence-corrected chi connectivity index (χ0v) is 10.7. The van der Waals surface area contributed by atoms with E-state index in [1.165, 1.54) is 12.1 Å². The van der Waals surface area contributed by atoms with Gasteiger partial charge in [0.1, 0.15) is 0 Å². The first-order valence-corrected chi connectivity index (χ1v) is 7.11. The summed E-state index contributed by atoms with van der Waals surface area (Å²) in [5, 5.41) is 0. The van der Waals surface area contributed by atoms with Gasteiger partial charge >= 0.3 is 6.18 Å². The Balaban J connectivity index is 2.28. The molecule has 3 nitrogen and oxygen atoms in total. The molecule has 0 amide bonds. The molecule has 20 heavy (non-hydrogen) atoms. The highest BCUT2D eigenvalue weighted by Crippen LogP contribution is 2.41. The summed E-state index contributed by atoms with van der Waals surface area (Å²) in [7, 11) is -3.84. The fraction of sp³-hybridized carbons (Fsp3) is 0.0769. The monoisotopic (exact) mass is 299 g/mol. The van der Waals surface area contributed by atoms with Crippen molar-refractivity contribution in [3.63, 3.8) is 0 Å². The van der Waals surface area contributed by atoms with Crippen LogP contribution in [0.3, 0.4) is 0 Å². The number of fused-ring (bicyclic) bond motifs is 3. The molecule has 1 heterocycles. The van der Waals surface area contributed by atoms with Gasteiger partial charge in [-0.25, -0.2) is 8.42 Å². The van der Waals surface area contributed by atoms with Crippen LogP contribution < -0.4 is 4.72 Å². The third kappa shape index (κ3) is 1.94. The Morgan fingerprint density at radius 1 is 0.950 bits per heavy atom. The molecule has 2 aromatic rings. The van der Waals surface area contributed by atoms with E-state index in [9.17, 15) is 21.6 Å². The normalized spacial score (nSPS) is 15.9. The average molecular weight is 299 g/mol. The molecular weight excluding hydrogens is 291 g/mol. The summed E-state index contributed by atoms with van der Waals surface area (Å²) in [5.74, 6) is 0. The van der Waals surface area contributed by atoms with Gasteiger partial charge in [0.15, 0.2) is 0 Å². The maximum atomic E-state index is 12.7. The molecule has 0 saturated heterocycles. The number of benzene rings is 2. The molecule has 0 fully saturated rings. The van der Waals surface area contributed by atoms with Gasteiger partial charge in [-0.05, 0) is 18.2 Å². The predicted octanol–water partition coefficient (Wildman–Crippen LogP) is 3.49. The van der Waals surface area contributed by atoms with Crippen LogP contribution in [0.1, 0.15) is 5.56 Å². The van der Waals surface area contributed by atoms with Crippen LogP contribution in [0.4, 0.5) is 18.9 Å². The van der Waals surface area contributed by atoms with Crippen molar-refractivity contribution in [2.75, 3.05) is 4.72 Å². The molecule has 0 aromatic heterocycles. The van der Waals surface area contributed by atoms with Crippen molar-refractivity contribution in [1.82, 2.24) is 0 Å². The van der Waals surface area contributed by atoms with Crippen molar-refractivity contribution in [2.24, 2.45) is 0 Å². The van der Waals surface area contributed by atoms with Crippen molar-refractivity contribution < 1.29 is 21.6 Å². The molecule has 2 aromatic carbocycles. The Morgan fingerprint density at radius 2 is 1.65 bits per heavy atom. The highest BCUT2D eigenvalue weighted by molar-refractivity contribution is 7.93. The molecule has 0 spiro atoms. The zero-order valence-electron chi connectivity index (χ0n) is 9.90. The molecule has 104 valence electrons. The number of nitrogens with one attached hydrogen (secondary N) is 1. The molecule has 0 radical (unpaired) electrons. The van der Waals surface area contributed by atoms with Gasteiger partial charge in [-0.1, -0.05) is 24.3 Å². The molecule has 0 unspecified atom stereocenters. The number of sulfonamides is 1. The Kier molecular flexibility index (Phi) is 2.59. The summed E-state index contributed by atoms with van der Waals surface area (Å²) in [6, 6.07) is 9.21. The van der Waals surface area contributed by atoms with Crippen molar-refractivity contribution in [2.45, 2.75) is 11.1 Å². The van der Waals surface area contributed by atoms with Crippen LogP contribution in [0.25, 0.3) is 11.1 Å². The zero-order chi connectivity index (χ0) is 14.5. The summed E-state index contributed by atoms with van der Waals surface area (Å²) < 4.78 is 64.2. The minimum absolute atomic E-state index is 0.0569. The SMILES string of the molecule is O=S1(=O)Nc2cc(C(F)(F)F)ccc2-c2ccccc21. The van der Waals surface area contributed by atoms with E-state index in [0.717, 1.165) is 12.1 Å².